The van der Waals surface area contributed by atoms with Crippen molar-refractivity contribution in [3.05, 3.63) is 69.1 Å². The third-order valence-corrected chi connectivity index (χ3v) is 3.45. The number of carbonyl (C=O) groups excluding carboxylic acids is 1. The third-order valence-electron chi connectivity index (χ3n) is 3.22. The van der Waals surface area contributed by atoms with Crippen LogP contribution in [-0.2, 0) is 0 Å². The number of carbonyl (C=O) groups is 1. The second kappa shape index (κ2) is 5.61. The summed E-state index contributed by atoms with van der Waals surface area (Å²) in [5, 5.41) is 3.43. The lowest BCUT2D eigenvalue weighted by atomic mass is 10.1. The van der Waals surface area contributed by atoms with Crippen LogP contribution in [0.2, 0.25) is 5.02 Å². The molecule has 0 saturated carbocycles. The summed E-state index contributed by atoms with van der Waals surface area (Å²) in [5.41, 5.74) is 1.04. The molecule has 0 bridgehead atoms. The molecule has 1 aromatic carbocycles. The van der Waals surface area contributed by atoms with Gasteiger partial charge in [0.15, 0.2) is 0 Å². The average molecular weight is 314 g/mol. The van der Waals surface area contributed by atoms with E-state index in [0.29, 0.717) is 21.7 Å². The Morgan fingerprint density at radius 3 is 2.86 bits per heavy atom. The second-order valence-corrected chi connectivity index (χ2v) is 5.28. The summed E-state index contributed by atoms with van der Waals surface area (Å²) in [7, 11) is 0. The minimum absolute atomic E-state index is 0.0121. The van der Waals surface area contributed by atoms with Crippen LogP contribution in [0.5, 0.6) is 0 Å². The Morgan fingerprint density at radius 1 is 1.27 bits per heavy atom. The summed E-state index contributed by atoms with van der Waals surface area (Å²) in [4.78, 5) is 31.8. The molecule has 3 rings (SSSR count). The molecule has 0 aliphatic rings. The molecule has 0 atom stereocenters. The Balaban J connectivity index is 2.01. The number of aryl methyl sites for hydroxylation is 1. The zero-order valence-electron chi connectivity index (χ0n) is 11.7. The van der Waals surface area contributed by atoms with Gasteiger partial charge in [0.05, 0.1) is 0 Å². The Hall–Kier alpha value is -2.66. The molecule has 0 spiro atoms. The highest BCUT2D eigenvalue weighted by Crippen LogP contribution is 2.15. The first-order valence-corrected chi connectivity index (χ1v) is 6.98. The van der Waals surface area contributed by atoms with Crippen LogP contribution >= 0.6 is 11.6 Å². The summed E-state index contributed by atoms with van der Waals surface area (Å²) >= 11 is 5.91. The zero-order valence-corrected chi connectivity index (χ0v) is 12.4. The minimum Gasteiger partial charge on any atom is -0.360 e. The first-order valence-electron chi connectivity index (χ1n) is 6.60. The van der Waals surface area contributed by atoms with Gasteiger partial charge in [-0.3, -0.25) is 9.59 Å². The summed E-state index contributed by atoms with van der Waals surface area (Å²) < 4.78 is 0. The quantitative estimate of drug-likeness (QED) is 0.763. The van der Waals surface area contributed by atoms with Gasteiger partial charge in [-0.15, -0.1) is 0 Å². The van der Waals surface area contributed by atoms with E-state index in [1.807, 2.05) is 13.0 Å². The second-order valence-electron chi connectivity index (χ2n) is 4.84. The molecular weight excluding hydrogens is 302 g/mol. The van der Waals surface area contributed by atoms with Crippen molar-refractivity contribution in [1.82, 2.24) is 9.97 Å². The number of halogens is 1. The molecule has 6 heteroatoms. The largest absolute Gasteiger partial charge is 0.360 e. The molecule has 1 amide bonds. The van der Waals surface area contributed by atoms with E-state index in [4.69, 9.17) is 11.6 Å². The number of amides is 1. The number of nitrogens with zero attached hydrogens (tertiary/aromatic N) is 1. The molecule has 0 saturated heterocycles. The lowest BCUT2D eigenvalue weighted by molar-refractivity contribution is 0.102. The predicted octanol–water partition coefficient (Wildman–Crippen LogP) is 3.14. The van der Waals surface area contributed by atoms with Crippen LogP contribution < -0.4 is 10.7 Å². The van der Waals surface area contributed by atoms with Crippen molar-refractivity contribution in [3.63, 3.8) is 0 Å². The molecule has 22 heavy (non-hydrogen) atoms. The fraction of sp³-hybridized carbons (Fsp3) is 0.0625. The van der Waals surface area contributed by atoms with Gasteiger partial charge in [0.2, 0.25) is 5.43 Å². The van der Waals surface area contributed by atoms with E-state index in [1.165, 1.54) is 12.3 Å². The van der Waals surface area contributed by atoms with E-state index in [0.717, 1.165) is 5.69 Å². The smallest absolute Gasteiger partial charge is 0.262 e. The Morgan fingerprint density at radius 2 is 2.09 bits per heavy atom. The average Bonchev–Trinajstić information content (AvgIpc) is 2.48. The number of hydrogen-bond donors (Lipinski definition) is 2. The highest BCUT2D eigenvalue weighted by atomic mass is 35.5. The van der Waals surface area contributed by atoms with Crippen LogP contribution in [-0.4, -0.2) is 15.9 Å². The number of rotatable bonds is 2. The Labute approximate surface area is 131 Å². The molecule has 3 aromatic rings. The summed E-state index contributed by atoms with van der Waals surface area (Å²) in [5.74, 6) is -0.114. The molecule has 0 radical (unpaired) electrons. The maximum atomic E-state index is 12.4. The molecule has 0 unspecified atom stereocenters. The number of benzene rings is 1. The Kier molecular flexibility index (Phi) is 3.65. The van der Waals surface area contributed by atoms with Crippen molar-refractivity contribution in [2.24, 2.45) is 0 Å². The summed E-state index contributed by atoms with van der Waals surface area (Å²) in [6.45, 7) is 1.82. The van der Waals surface area contributed by atoms with Crippen molar-refractivity contribution < 1.29 is 4.79 Å². The first-order chi connectivity index (χ1) is 10.5. The molecule has 0 aliphatic carbocycles. The van der Waals surface area contributed by atoms with Gasteiger partial charge in [0, 0.05) is 27.8 Å². The fourth-order valence-electron chi connectivity index (χ4n) is 2.16. The van der Waals surface area contributed by atoms with Crippen molar-refractivity contribution in [3.8, 4) is 0 Å². The van der Waals surface area contributed by atoms with Crippen LogP contribution in [0.1, 0.15) is 16.1 Å². The van der Waals surface area contributed by atoms with E-state index in [9.17, 15) is 9.59 Å². The van der Waals surface area contributed by atoms with Crippen LogP contribution in [0.25, 0.3) is 10.9 Å². The van der Waals surface area contributed by atoms with Gasteiger partial charge in [-0.05, 0) is 37.3 Å². The standard InChI is InChI=1S/C16H12ClN3O2/c1-9-3-2-4-14(19-9)20-16(22)12-8-18-13-6-5-10(17)7-11(13)15(12)21/h2-8H,1H3,(H,18,21)(H,19,20,22). The zero-order chi connectivity index (χ0) is 15.7. The third kappa shape index (κ3) is 2.71. The van der Waals surface area contributed by atoms with Gasteiger partial charge >= 0.3 is 0 Å². The molecular formula is C16H12ClN3O2. The maximum Gasteiger partial charge on any atom is 0.262 e. The highest BCUT2D eigenvalue weighted by Gasteiger charge is 2.14. The number of aromatic nitrogens is 2. The van der Waals surface area contributed by atoms with Gasteiger partial charge in [0.1, 0.15) is 11.4 Å². The molecule has 2 aromatic heterocycles. The van der Waals surface area contributed by atoms with Crippen molar-refractivity contribution in [2.45, 2.75) is 6.92 Å². The van der Waals surface area contributed by atoms with Crippen LogP contribution in [0.3, 0.4) is 0 Å². The van der Waals surface area contributed by atoms with E-state index >= 15 is 0 Å². The fourth-order valence-corrected chi connectivity index (χ4v) is 2.33. The molecule has 2 heterocycles. The van der Waals surface area contributed by atoms with E-state index in [2.05, 4.69) is 15.3 Å². The predicted molar refractivity (Wildman–Crippen MR) is 86.5 cm³/mol. The van der Waals surface area contributed by atoms with E-state index < -0.39 is 5.91 Å². The SMILES string of the molecule is Cc1cccc(NC(=O)c2c[nH]c3ccc(Cl)cc3c2=O)n1. The Bertz CT molecular complexity index is 934. The lowest BCUT2D eigenvalue weighted by Crippen LogP contribution is -2.22. The van der Waals surface area contributed by atoms with Gasteiger partial charge < -0.3 is 10.3 Å². The number of nitrogens with one attached hydrogen (secondary N) is 2. The van der Waals surface area contributed by atoms with Crippen LogP contribution in [0.4, 0.5) is 5.82 Å². The van der Waals surface area contributed by atoms with Crippen molar-refractivity contribution >= 4 is 34.2 Å². The number of aromatic amines is 1. The van der Waals surface area contributed by atoms with Crippen molar-refractivity contribution in [1.29, 1.82) is 0 Å². The number of hydrogen-bond acceptors (Lipinski definition) is 3. The maximum absolute atomic E-state index is 12.4. The van der Waals surface area contributed by atoms with Gasteiger partial charge in [-0.25, -0.2) is 4.98 Å². The van der Waals surface area contributed by atoms with Crippen LogP contribution in [0, 0.1) is 6.92 Å². The van der Waals surface area contributed by atoms with Gasteiger partial charge in [-0.1, -0.05) is 17.7 Å². The van der Waals surface area contributed by atoms with E-state index in [1.54, 1.807) is 24.3 Å². The van der Waals surface area contributed by atoms with Crippen LogP contribution in [0.15, 0.2) is 47.4 Å². The molecule has 5 nitrogen and oxygen atoms in total. The highest BCUT2D eigenvalue weighted by molar-refractivity contribution is 6.31. The topological polar surface area (TPSA) is 74.8 Å². The van der Waals surface area contributed by atoms with Gasteiger partial charge in [0.25, 0.3) is 5.91 Å². The molecule has 110 valence electrons. The molecule has 0 aliphatic heterocycles. The first kappa shape index (κ1) is 14.3. The monoisotopic (exact) mass is 313 g/mol. The van der Waals surface area contributed by atoms with E-state index in [-0.39, 0.29) is 11.0 Å². The summed E-state index contributed by atoms with van der Waals surface area (Å²) in [6.07, 6.45) is 1.39. The minimum atomic E-state index is -0.513. The van der Waals surface area contributed by atoms with Gasteiger partial charge in [-0.2, -0.15) is 0 Å². The molecule has 0 fully saturated rings. The summed E-state index contributed by atoms with van der Waals surface area (Å²) in [6, 6.07) is 10.2. The normalized spacial score (nSPS) is 10.6. The number of anilines is 1. The number of H-pyrrole nitrogens is 1. The molecule has 2 N–H and O–H groups in total. The number of fused-ring (bicyclic) bond motifs is 1. The number of pyridine rings is 2. The van der Waals surface area contributed by atoms with Crippen molar-refractivity contribution in [2.75, 3.05) is 5.32 Å². The lowest BCUT2D eigenvalue weighted by Gasteiger charge is -2.06.